The maximum absolute atomic E-state index is 12.3. The Bertz CT molecular complexity index is 1320. The first-order chi connectivity index (χ1) is 21.5. The zero-order chi connectivity index (χ0) is 32.7. The van der Waals surface area contributed by atoms with Gasteiger partial charge in [0.2, 0.25) is 6.29 Å². The van der Waals surface area contributed by atoms with Gasteiger partial charge in [0.05, 0.1) is 41.2 Å². The van der Waals surface area contributed by atoms with E-state index < -0.39 is 67.9 Å². The minimum Gasteiger partial charge on any atom is -0.493 e. The van der Waals surface area contributed by atoms with Gasteiger partial charge in [-0.1, -0.05) is 12.1 Å². The van der Waals surface area contributed by atoms with Crippen LogP contribution in [0.5, 0.6) is 23.0 Å². The van der Waals surface area contributed by atoms with Gasteiger partial charge >= 0.3 is 5.97 Å². The molecule has 0 unspecified atom stereocenters. The Labute approximate surface area is 258 Å². The fourth-order valence-electron chi connectivity index (χ4n) is 4.62. The number of hydrogen-bond donors (Lipinski definition) is 6. The number of rotatable bonds is 13. The molecule has 0 radical (unpaired) electrons. The van der Waals surface area contributed by atoms with Crippen molar-refractivity contribution in [1.29, 1.82) is 0 Å². The van der Waals surface area contributed by atoms with E-state index in [1.165, 1.54) is 33.5 Å². The third-order valence-electron chi connectivity index (χ3n) is 7.34. The summed E-state index contributed by atoms with van der Waals surface area (Å²) < 4.78 is 43.2. The SMILES string of the molecule is COc1ccc(/C=C/C(=O)OCc2ccc(O[C@@H]3O[C@H](CO[C@@H]4OC[C@](O)(CO)[C@H]4O)[C@@H](O)[C@H](O)[C@H]3O)c(OC)c2)cc1OC. The summed E-state index contributed by atoms with van der Waals surface area (Å²) in [4.78, 5) is 12.3. The van der Waals surface area contributed by atoms with Crippen LogP contribution in [0.1, 0.15) is 11.1 Å². The molecule has 2 aromatic carbocycles. The molecular formula is C30H38O15. The molecule has 0 bridgehead atoms. The molecule has 6 N–H and O–H groups in total. The van der Waals surface area contributed by atoms with Crippen LogP contribution in [0.15, 0.2) is 42.5 Å². The van der Waals surface area contributed by atoms with Gasteiger partial charge in [-0.2, -0.15) is 0 Å². The number of carbonyl (C=O) groups is 1. The fourth-order valence-corrected chi connectivity index (χ4v) is 4.62. The lowest BCUT2D eigenvalue weighted by molar-refractivity contribution is -0.289. The highest BCUT2D eigenvalue weighted by Gasteiger charge is 2.50. The van der Waals surface area contributed by atoms with Crippen molar-refractivity contribution in [3.63, 3.8) is 0 Å². The molecule has 0 spiro atoms. The summed E-state index contributed by atoms with van der Waals surface area (Å²) in [7, 11) is 4.41. The van der Waals surface area contributed by atoms with Gasteiger partial charge in [-0.25, -0.2) is 4.79 Å². The van der Waals surface area contributed by atoms with Crippen LogP contribution < -0.4 is 18.9 Å². The number of methoxy groups -OCH3 is 3. The Hall–Kier alpha value is -3.51. The van der Waals surface area contributed by atoms with Gasteiger partial charge in [0, 0.05) is 6.08 Å². The topological polar surface area (TPSA) is 212 Å². The van der Waals surface area contributed by atoms with Crippen LogP contribution in [0.4, 0.5) is 0 Å². The van der Waals surface area contributed by atoms with Gasteiger partial charge in [-0.3, -0.25) is 0 Å². The summed E-state index contributed by atoms with van der Waals surface area (Å²) in [5.41, 5.74) is -0.664. The van der Waals surface area contributed by atoms with Crippen LogP contribution in [-0.4, -0.2) is 126 Å². The van der Waals surface area contributed by atoms with Crippen LogP contribution in [0, 0.1) is 0 Å². The van der Waals surface area contributed by atoms with Crippen LogP contribution in [0.2, 0.25) is 0 Å². The van der Waals surface area contributed by atoms with Crippen molar-refractivity contribution < 1.29 is 73.3 Å². The summed E-state index contributed by atoms with van der Waals surface area (Å²) in [6, 6.07) is 9.79. The van der Waals surface area contributed by atoms with E-state index in [0.29, 0.717) is 22.6 Å². The quantitative estimate of drug-likeness (QED) is 0.116. The van der Waals surface area contributed by atoms with Gasteiger partial charge in [0.25, 0.3) is 0 Å². The van der Waals surface area contributed by atoms with Crippen LogP contribution in [0.25, 0.3) is 6.08 Å². The molecule has 0 aliphatic carbocycles. The Balaban J connectivity index is 1.34. The number of hydrogen-bond acceptors (Lipinski definition) is 15. The average molecular weight is 639 g/mol. The largest absolute Gasteiger partial charge is 0.493 e. The molecule has 0 saturated carbocycles. The van der Waals surface area contributed by atoms with Crippen molar-refractivity contribution in [2.45, 2.75) is 55.3 Å². The molecule has 15 nitrogen and oxygen atoms in total. The van der Waals surface area contributed by atoms with Crippen LogP contribution >= 0.6 is 0 Å². The second-order valence-electron chi connectivity index (χ2n) is 10.4. The van der Waals surface area contributed by atoms with E-state index in [1.54, 1.807) is 36.4 Å². The molecule has 45 heavy (non-hydrogen) atoms. The molecule has 0 amide bonds. The van der Waals surface area contributed by atoms with Crippen molar-refractivity contribution in [2.75, 3.05) is 41.2 Å². The van der Waals surface area contributed by atoms with Gasteiger partial charge in [0.1, 0.15) is 42.7 Å². The highest BCUT2D eigenvalue weighted by Crippen LogP contribution is 2.33. The second-order valence-corrected chi connectivity index (χ2v) is 10.4. The molecule has 8 atom stereocenters. The minimum absolute atomic E-state index is 0.0981. The Morgan fingerprint density at radius 2 is 1.60 bits per heavy atom. The first kappa shape index (κ1) is 34.4. The first-order valence-electron chi connectivity index (χ1n) is 13.9. The minimum atomic E-state index is -1.91. The van der Waals surface area contributed by atoms with E-state index in [-0.39, 0.29) is 24.7 Å². The highest BCUT2D eigenvalue weighted by molar-refractivity contribution is 5.87. The maximum atomic E-state index is 12.3. The number of esters is 1. The lowest BCUT2D eigenvalue weighted by atomic mass is 9.99. The normalized spacial score (nSPS) is 29.8. The van der Waals surface area contributed by atoms with Crippen molar-refractivity contribution in [3.05, 3.63) is 53.6 Å². The number of aliphatic hydroxyl groups excluding tert-OH is 5. The first-order valence-corrected chi connectivity index (χ1v) is 13.9. The highest BCUT2D eigenvalue weighted by atomic mass is 16.7. The van der Waals surface area contributed by atoms with E-state index in [2.05, 4.69) is 0 Å². The molecule has 2 aliphatic rings. The lowest BCUT2D eigenvalue weighted by Crippen LogP contribution is -2.60. The number of benzene rings is 2. The molecule has 2 aromatic rings. The molecule has 2 fully saturated rings. The van der Waals surface area contributed by atoms with Crippen molar-refractivity contribution >= 4 is 12.0 Å². The number of carbonyl (C=O) groups excluding carboxylic acids is 1. The predicted octanol–water partition coefficient (Wildman–Crippen LogP) is -0.887. The molecular weight excluding hydrogens is 600 g/mol. The summed E-state index contributed by atoms with van der Waals surface area (Å²) in [6.45, 7) is -1.69. The fraction of sp³-hybridized carbons (Fsp3) is 0.500. The zero-order valence-corrected chi connectivity index (χ0v) is 24.8. The molecule has 248 valence electrons. The predicted molar refractivity (Wildman–Crippen MR) is 152 cm³/mol. The summed E-state index contributed by atoms with van der Waals surface area (Å²) >= 11 is 0. The zero-order valence-electron chi connectivity index (χ0n) is 24.8. The Morgan fingerprint density at radius 3 is 2.27 bits per heavy atom. The third-order valence-corrected chi connectivity index (χ3v) is 7.34. The summed E-state index contributed by atoms with van der Waals surface area (Å²) in [5.74, 6) is 0.773. The molecule has 15 heteroatoms. The van der Waals surface area contributed by atoms with E-state index in [4.69, 9.17) is 37.9 Å². The number of aliphatic hydroxyl groups is 6. The van der Waals surface area contributed by atoms with Gasteiger partial charge in [-0.15, -0.1) is 0 Å². The molecule has 4 rings (SSSR count). The third kappa shape index (κ3) is 8.02. The smallest absolute Gasteiger partial charge is 0.331 e. The van der Waals surface area contributed by atoms with Crippen LogP contribution in [-0.2, 0) is 30.3 Å². The molecule has 0 aromatic heterocycles. The van der Waals surface area contributed by atoms with Gasteiger partial charge in [0.15, 0.2) is 29.3 Å². The van der Waals surface area contributed by atoms with E-state index in [0.717, 1.165) is 0 Å². The maximum Gasteiger partial charge on any atom is 0.331 e. The molecule has 2 heterocycles. The summed E-state index contributed by atoms with van der Waals surface area (Å²) in [5, 5.41) is 60.9. The van der Waals surface area contributed by atoms with E-state index in [9.17, 15) is 35.4 Å². The lowest BCUT2D eigenvalue weighted by Gasteiger charge is -2.40. The molecule has 2 saturated heterocycles. The van der Waals surface area contributed by atoms with E-state index >= 15 is 0 Å². The monoisotopic (exact) mass is 638 g/mol. The number of ether oxygens (including phenoxy) is 8. The standard InChI is InChI=1S/C30H38O15/c1-38-18-7-4-16(10-20(18)39-2)6-9-23(32)41-12-17-5-8-19(21(11-17)40-3)44-28-26(35)25(34)24(33)22(45-28)13-42-29-27(36)30(37,14-31)15-43-29/h4-11,22,24-29,31,33-37H,12-15H2,1-3H3/b9-6+/t22-,24-,25+,26-,27+,28-,29-,30-/m1/s1. The van der Waals surface area contributed by atoms with Crippen molar-refractivity contribution in [2.24, 2.45) is 0 Å². The van der Waals surface area contributed by atoms with E-state index in [1.807, 2.05) is 0 Å². The van der Waals surface area contributed by atoms with Gasteiger partial charge in [-0.05, 0) is 41.5 Å². The van der Waals surface area contributed by atoms with Gasteiger partial charge < -0.3 is 68.5 Å². The molecule has 2 aliphatic heterocycles. The Kier molecular flexibility index (Phi) is 11.6. The second kappa shape index (κ2) is 15.2. The summed E-state index contributed by atoms with van der Waals surface area (Å²) in [6.07, 6.45) is -7.79. The van der Waals surface area contributed by atoms with Crippen LogP contribution in [0.3, 0.4) is 0 Å². The Morgan fingerprint density at radius 1 is 0.911 bits per heavy atom. The average Bonchev–Trinajstić information content (AvgIpc) is 3.35. The van der Waals surface area contributed by atoms with Crippen molar-refractivity contribution in [3.8, 4) is 23.0 Å². The van der Waals surface area contributed by atoms with Crippen molar-refractivity contribution in [1.82, 2.24) is 0 Å².